The molecule has 94 valence electrons. The molecule has 0 bridgehead atoms. The maximum Gasteiger partial charge on any atom is 0.130 e. The van der Waals surface area contributed by atoms with Crippen molar-refractivity contribution in [2.45, 2.75) is 20.5 Å². The maximum atomic E-state index is 5.76. The number of aryl methyl sites for hydroxylation is 2. The van der Waals surface area contributed by atoms with Crippen LogP contribution in [0.4, 0.5) is 0 Å². The van der Waals surface area contributed by atoms with Crippen molar-refractivity contribution >= 4 is 0 Å². The molecule has 2 rings (SSSR count). The Bertz CT molecular complexity index is 538. The fourth-order valence-electron chi connectivity index (χ4n) is 1.74. The summed E-state index contributed by atoms with van der Waals surface area (Å²) in [5.74, 6) is 1.70. The van der Waals surface area contributed by atoms with E-state index in [2.05, 4.69) is 4.98 Å². The van der Waals surface area contributed by atoms with E-state index < -0.39 is 0 Å². The number of nitrogens with zero attached hydrogens (tertiary/aromatic N) is 1. The number of methoxy groups -OCH3 is 1. The van der Waals surface area contributed by atoms with Crippen molar-refractivity contribution in [3.8, 4) is 11.5 Å². The van der Waals surface area contributed by atoms with Crippen molar-refractivity contribution in [1.82, 2.24) is 4.98 Å². The second-order valence-corrected chi connectivity index (χ2v) is 4.24. The van der Waals surface area contributed by atoms with Gasteiger partial charge in [0.1, 0.15) is 18.1 Å². The van der Waals surface area contributed by atoms with Gasteiger partial charge in [0.25, 0.3) is 0 Å². The predicted octanol–water partition coefficient (Wildman–Crippen LogP) is 3.29. The van der Waals surface area contributed by atoms with E-state index in [9.17, 15) is 0 Å². The SMILES string of the molecule is COc1ccc(OCc2cc(C)ccn2)c(C)c1. The summed E-state index contributed by atoms with van der Waals surface area (Å²) in [5, 5.41) is 0. The molecule has 0 saturated heterocycles. The molecule has 0 aliphatic heterocycles. The summed E-state index contributed by atoms with van der Waals surface area (Å²) in [5.41, 5.74) is 3.18. The molecular weight excluding hydrogens is 226 g/mol. The van der Waals surface area contributed by atoms with Gasteiger partial charge < -0.3 is 9.47 Å². The van der Waals surface area contributed by atoms with E-state index in [-0.39, 0.29) is 0 Å². The quantitative estimate of drug-likeness (QED) is 0.825. The molecule has 0 unspecified atom stereocenters. The highest BCUT2D eigenvalue weighted by atomic mass is 16.5. The fourth-order valence-corrected chi connectivity index (χ4v) is 1.74. The molecular formula is C15H17NO2. The molecule has 0 aliphatic carbocycles. The van der Waals surface area contributed by atoms with Crippen LogP contribution in [0, 0.1) is 13.8 Å². The molecule has 3 heteroatoms. The minimum Gasteiger partial charge on any atom is -0.497 e. The monoisotopic (exact) mass is 243 g/mol. The third-order valence-corrected chi connectivity index (χ3v) is 2.73. The van der Waals surface area contributed by atoms with E-state index in [0.29, 0.717) is 6.61 Å². The molecule has 0 radical (unpaired) electrons. The number of hydrogen-bond donors (Lipinski definition) is 0. The molecule has 1 aromatic heterocycles. The number of benzene rings is 1. The maximum absolute atomic E-state index is 5.76. The van der Waals surface area contributed by atoms with Crippen LogP contribution in [0.3, 0.4) is 0 Å². The molecule has 0 spiro atoms. The first-order chi connectivity index (χ1) is 8.69. The summed E-state index contributed by atoms with van der Waals surface area (Å²) in [6.45, 7) is 4.53. The number of rotatable bonds is 4. The van der Waals surface area contributed by atoms with E-state index in [4.69, 9.17) is 9.47 Å². The zero-order chi connectivity index (χ0) is 13.0. The predicted molar refractivity (Wildman–Crippen MR) is 71.0 cm³/mol. The third-order valence-electron chi connectivity index (χ3n) is 2.73. The Morgan fingerprint density at radius 3 is 2.61 bits per heavy atom. The van der Waals surface area contributed by atoms with Crippen LogP contribution in [0.2, 0.25) is 0 Å². The molecule has 1 aromatic carbocycles. The molecule has 0 amide bonds. The largest absolute Gasteiger partial charge is 0.497 e. The van der Waals surface area contributed by atoms with E-state index in [1.165, 1.54) is 5.56 Å². The van der Waals surface area contributed by atoms with Crippen molar-refractivity contribution in [1.29, 1.82) is 0 Å². The lowest BCUT2D eigenvalue weighted by molar-refractivity contribution is 0.298. The van der Waals surface area contributed by atoms with Crippen LogP contribution in [0.15, 0.2) is 36.5 Å². The van der Waals surface area contributed by atoms with Crippen LogP contribution in [0.1, 0.15) is 16.8 Å². The van der Waals surface area contributed by atoms with Gasteiger partial charge in [0.2, 0.25) is 0 Å². The summed E-state index contributed by atoms with van der Waals surface area (Å²) < 4.78 is 10.9. The first-order valence-corrected chi connectivity index (χ1v) is 5.88. The standard InChI is InChI=1S/C15H17NO2/c1-11-6-7-16-13(8-11)10-18-15-5-4-14(17-3)9-12(15)2/h4-9H,10H2,1-3H3. The lowest BCUT2D eigenvalue weighted by atomic mass is 10.2. The van der Waals surface area contributed by atoms with Crippen molar-refractivity contribution in [3.05, 3.63) is 53.3 Å². The highest BCUT2D eigenvalue weighted by Gasteiger charge is 2.02. The molecule has 2 aromatic rings. The van der Waals surface area contributed by atoms with Crippen molar-refractivity contribution in [3.63, 3.8) is 0 Å². The zero-order valence-corrected chi connectivity index (χ0v) is 10.9. The van der Waals surface area contributed by atoms with Crippen LogP contribution >= 0.6 is 0 Å². The molecule has 3 nitrogen and oxygen atoms in total. The smallest absolute Gasteiger partial charge is 0.130 e. The number of hydrogen-bond acceptors (Lipinski definition) is 3. The summed E-state index contributed by atoms with van der Waals surface area (Å²) in [6.07, 6.45) is 1.80. The topological polar surface area (TPSA) is 31.4 Å². The highest BCUT2D eigenvalue weighted by molar-refractivity contribution is 5.39. The van der Waals surface area contributed by atoms with E-state index in [1.807, 2.05) is 44.2 Å². The van der Waals surface area contributed by atoms with Gasteiger partial charge in [0, 0.05) is 6.20 Å². The minimum atomic E-state index is 0.481. The van der Waals surface area contributed by atoms with Crippen LogP contribution in [-0.2, 0) is 6.61 Å². The number of ether oxygens (including phenoxy) is 2. The van der Waals surface area contributed by atoms with Gasteiger partial charge in [-0.05, 0) is 55.3 Å². The van der Waals surface area contributed by atoms with E-state index >= 15 is 0 Å². The van der Waals surface area contributed by atoms with E-state index in [1.54, 1.807) is 13.3 Å². The Hall–Kier alpha value is -2.03. The molecule has 0 atom stereocenters. The van der Waals surface area contributed by atoms with Gasteiger partial charge in [-0.2, -0.15) is 0 Å². The Morgan fingerprint density at radius 1 is 1.11 bits per heavy atom. The zero-order valence-electron chi connectivity index (χ0n) is 10.9. The average molecular weight is 243 g/mol. The van der Waals surface area contributed by atoms with Crippen LogP contribution in [-0.4, -0.2) is 12.1 Å². The van der Waals surface area contributed by atoms with Crippen molar-refractivity contribution < 1.29 is 9.47 Å². The Morgan fingerprint density at radius 2 is 1.94 bits per heavy atom. The number of aromatic nitrogens is 1. The van der Waals surface area contributed by atoms with Crippen LogP contribution in [0.5, 0.6) is 11.5 Å². The Balaban J connectivity index is 2.06. The first-order valence-electron chi connectivity index (χ1n) is 5.88. The molecule has 1 heterocycles. The summed E-state index contributed by atoms with van der Waals surface area (Å²) in [6, 6.07) is 9.77. The number of pyridine rings is 1. The summed E-state index contributed by atoms with van der Waals surface area (Å²) in [7, 11) is 1.66. The van der Waals surface area contributed by atoms with Gasteiger partial charge in [0.15, 0.2) is 0 Å². The molecule has 0 fully saturated rings. The third kappa shape index (κ3) is 3.00. The molecule has 18 heavy (non-hydrogen) atoms. The molecule has 0 N–H and O–H groups in total. The van der Waals surface area contributed by atoms with Crippen molar-refractivity contribution in [2.75, 3.05) is 7.11 Å². The highest BCUT2D eigenvalue weighted by Crippen LogP contribution is 2.23. The average Bonchev–Trinajstić information content (AvgIpc) is 2.37. The van der Waals surface area contributed by atoms with Gasteiger partial charge in [-0.1, -0.05) is 0 Å². The second-order valence-electron chi connectivity index (χ2n) is 4.24. The van der Waals surface area contributed by atoms with Gasteiger partial charge in [-0.15, -0.1) is 0 Å². The lowest BCUT2D eigenvalue weighted by Gasteiger charge is -2.10. The molecule has 0 aliphatic rings. The minimum absolute atomic E-state index is 0.481. The van der Waals surface area contributed by atoms with Gasteiger partial charge in [-0.25, -0.2) is 0 Å². The fraction of sp³-hybridized carbons (Fsp3) is 0.267. The lowest BCUT2D eigenvalue weighted by Crippen LogP contribution is -1.99. The van der Waals surface area contributed by atoms with Gasteiger partial charge in [-0.3, -0.25) is 4.98 Å². The summed E-state index contributed by atoms with van der Waals surface area (Å²) in [4.78, 5) is 4.27. The second kappa shape index (κ2) is 5.54. The van der Waals surface area contributed by atoms with Crippen LogP contribution < -0.4 is 9.47 Å². The Labute approximate surface area is 107 Å². The molecule has 0 saturated carbocycles. The van der Waals surface area contributed by atoms with Crippen LogP contribution in [0.25, 0.3) is 0 Å². The summed E-state index contributed by atoms with van der Waals surface area (Å²) >= 11 is 0. The van der Waals surface area contributed by atoms with Crippen molar-refractivity contribution in [2.24, 2.45) is 0 Å². The first kappa shape index (κ1) is 12.4. The van der Waals surface area contributed by atoms with Gasteiger partial charge >= 0.3 is 0 Å². The Kier molecular flexibility index (Phi) is 3.82. The normalized spacial score (nSPS) is 10.2. The van der Waals surface area contributed by atoms with E-state index in [0.717, 1.165) is 22.8 Å². The van der Waals surface area contributed by atoms with Gasteiger partial charge in [0.05, 0.1) is 12.8 Å².